The van der Waals surface area contributed by atoms with Crippen molar-refractivity contribution in [3.63, 3.8) is 0 Å². The summed E-state index contributed by atoms with van der Waals surface area (Å²) < 4.78 is 5.80. The van der Waals surface area contributed by atoms with Crippen LogP contribution >= 0.6 is 0 Å². The molecule has 0 fully saturated rings. The number of Topliss-reactive ketones (excluding diaryl/α,β-unsaturated/α-hetero) is 2. The van der Waals surface area contributed by atoms with Gasteiger partial charge in [0.1, 0.15) is 5.75 Å². The number of allylic oxidation sites excluding steroid dienone is 8. The molecule has 0 bridgehead atoms. The summed E-state index contributed by atoms with van der Waals surface area (Å²) in [5, 5.41) is 0. The second-order valence-electron chi connectivity index (χ2n) is 5.88. The highest BCUT2D eigenvalue weighted by Crippen LogP contribution is 2.33. The van der Waals surface area contributed by atoms with Gasteiger partial charge in [-0.05, 0) is 38.3 Å². The average Bonchev–Trinajstić information content (AvgIpc) is 2.56. The molecule has 1 aromatic carbocycles. The Kier molecular flexibility index (Phi) is 4.11. The quantitative estimate of drug-likeness (QED) is 0.469. The van der Waals surface area contributed by atoms with E-state index in [-0.39, 0.29) is 5.76 Å². The van der Waals surface area contributed by atoms with Gasteiger partial charge in [0.25, 0.3) is 5.78 Å². The van der Waals surface area contributed by atoms with E-state index < -0.39 is 11.6 Å². The third kappa shape index (κ3) is 2.95. The lowest BCUT2D eigenvalue weighted by Crippen LogP contribution is -2.28. The number of hydrogen-bond acceptors (Lipinski definition) is 3. The summed E-state index contributed by atoms with van der Waals surface area (Å²) in [5.74, 6) is -0.409. The van der Waals surface area contributed by atoms with E-state index in [0.29, 0.717) is 24.2 Å². The Hall–Kier alpha value is -2.68. The summed E-state index contributed by atoms with van der Waals surface area (Å²) >= 11 is 0. The first-order valence-corrected chi connectivity index (χ1v) is 7.66. The Balaban J connectivity index is 2.05. The van der Waals surface area contributed by atoms with E-state index in [1.807, 2.05) is 56.4 Å². The van der Waals surface area contributed by atoms with Crippen LogP contribution in [0.4, 0.5) is 0 Å². The molecule has 0 saturated carbocycles. The van der Waals surface area contributed by atoms with Gasteiger partial charge < -0.3 is 4.74 Å². The van der Waals surface area contributed by atoms with Crippen molar-refractivity contribution in [2.24, 2.45) is 0 Å². The lowest BCUT2D eigenvalue weighted by molar-refractivity contribution is -0.114. The third-order valence-electron chi connectivity index (χ3n) is 3.87. The highest BCUT2D eigenvalue weighted by Gasteiger charge is 2.34. The largest absolute Gasteiger partial charge is 0.452 e. The summed E-state index contributed by atoms with van der Waals surface area (Å²) in [7, 11) is 0. The summed E-state index contributed by atoms with van der Waals surface area (Å²) in [6.07, 6.45) is 10.7. The SMILES string of the molecule is CC(C)=CCc1cccc2c1C(=O)C(=O)C(=C1C=CC=CC1)O2. The van der Waals surface area contributed by atoms with Crippen LogP contribution in [0.3, 0.4) is 0 Å². The molecule has 0 N–H and O–H groups in total. The lowest BCUT2D eigenvalue weighted by atomic mass is 9.92. The first kappa shape index (κ1) is 15.2. The molecule has 0 atom stereocenters. The van der Waals surface area contributed by atoms with Crippen molar-refractivity contribution >= 4 is 11.6 Å². The minimum absolute atomic E-state index is 0.155. The number of ketones is 2. The maximum atomic E-state index is 12.6. The molecule has 116 valence electrons. The smallest absolute Gasteiger partial charge is 0.269 e. The van der Waals surface area contributed by atoms with Crippen molar-refractivity contribution in [3.8, 4) is 5.75 Å². The molecule has 23 heavy (non-hydrogen) atoms. The lowest BCUT2D eigenvalue weighted by Gasteiger charge is -2.21. The second-order valence-corrected chi connectivity index (χ2v) is 5.88. The van der Waals surface area contributed by atoms with Gasteiger partial charge in [0.15, 0.2) is 5.76 Å². The van der Waals surface area contributed by atoms with E-state index in [4.69, 9.17) is 4.74 Å². The molecule has 0 aromatic heterocycles. The van der Waals surface area contributed by atoms with Crippen molar-refractivity contribution in [1.82, 2.24) is 0 Å². The third-order valence-corrected chi connectivity index (χ3v) is 3.87. The average molecular weight is 306 g/mol. The molecule has 2 aliphatic rings. The first-order chi connectivity index (χ1) is 11.1. The fourth-order valence-corrected chi connectivity index (χ4v) is 2.67. The van der Waals surface area contributed by atoms with Crippen molar-refractivity contribution in [3.05, 3.63) is 76.6 Å². The van der Waals surface area contributed by atoms with E-state index in [0.717, 1.165) is 11.1 Å². The molecule has 1 heterocycles. The highest BCUT2D eigenvalue weighted by molar-refractivity contribution is 6.50. The number of rotatable bonds is 2. The molecule has 0 saturated heterocycles. The fourth-order valence-electron chi connectivity index (χ4n) is 2.67. The maximum absolute atomic E-state index is 12.6. The Morgan fingerprint density at radius 3 is 2.70 bits per heavy atom. The fraction of sp³-hybridized carbons (Fsp3) is 0.200. The first-order valence-electron chi connectivity index (χ1n) is 7.66. The van der Waals surface area contributed by atoms with Crippen LogP contribution in [0.1, 0.15) is 36.2 Å². The van der Waals surface area contributed by atoms with Crippen LogP contribution < -0.4 is 4.74 Å². The van der Waals surface area contributed by atoms with Gasteiger partial charge in [-0.25, -0.2) is 0 Å². The van der Waals surface area contributed by atoms with Gasteiger partial charge in [-0.1, -0.05) is 48.1 Å². The zero-order chi connectivity index (χ0) is 16.4. The van der Waals surface area contributed by atoms with Gasteiger partial charge in [-0.2, -0.15) is 0 Å². The zero-order valence-corrected chi connectivity index (χ0v) is 13.3. The van der Waals surface area contributed by atoms with Crippen LogP contribution in [0, 0.1) is 0 Å². The molecule has 0 radical (unpaired) electrons. The summed E-state index contributed by atoms with van der Waals surface area (Å²) in [4.78, 5) is 25.1. The van der Waals surface area contributed by atoms with Crippen LogP contribution in [0.5, 0.6) is 5.75 Å². The topological polar surface area (TPSA) is 43.4 Å². The van der Waals surface area contributed by atoms with Crippen LogP contribution in [0.2, 0.25) is 0 Å². The minimum Gasteiger partial charge on any atom is -0.452 e. The van der Waals surface area contributed by atoms with Gasteiger partial charge in [0.2, 0.25) is 5.78 Å². The van der Waals surface area contributed by atoms with Crippen LogP contribution in [-0.2, 0) is 11.2 Å². The summed E-state index contributed by atoms with van der Waals surface area (Å²) in [6.45, 7) is 4.01. The standard InChI is InChI=1S/C20H18O3/c1-13(2)11-12-14-9-6-10-16-17(14)18(21)19(22)20(23-16)15-7-4-3-5-8-15/h3-7,9-11H,8,12H2,1-2H3. The van der Waals surface area contributed by atoms with Crippen molar-refractivity contribution in [2.45, 2.75) is 26.7 Å². The van der Waals surface area contributed by atoms with Crippen molar-refractivity contribution in [2.75, 3.05) is 0 Å². The van der Waals surface area contributed by atoms with E-state index in [2.05, 4.69) is 0 Å². The molecule has 0 amide bonds. The van der Waals surface area contributed by atoms with Gasteiger partial charge >= 0.3 is 0 Å². The predicted octanol–water partition coefficient (Wildman–Crippen LogP) is 4.11. The molecular weight excluding hydrogens is 288 g/mol. The van der Waals surface area contributed by atoms with Crippen molar-refractivity contribution in [1.29, 1.82) is 0 Å². The Bertz CT molecular complexity index is 800. The second kappa shape index (κ2) is 6.21. The monoisotopic (exact) mass is 306 g/mol. The van der Waals surface area contributed by atoms with Crippen molar-refractivity contribution < 1.29 is 14.3 Å². The number of benzene rings is 1. The molecule has 3 heteroatoms. The van der Waals surface area contributed by atoms with Gasteiger partial charge in [0.05, 0.1) is 5.56 Å². The van der Waals surface area contributed by atoms with Crippen LogP contribution in [0.15, 0.2) is 65.5 Å². The molecule has 0 unspecified atom stereocenters. The molecule has 0 spiro atoms. The summed E-state index contributed by atoms with van der Waals surface area (Å²) in [6, 6.07) is 5.47. The van der Waals surface area contributed by atoms with Crippen LogP contribution in [-0.4, -0.2) is 11.6 Å². The Morgan fingerprint density at radius 2 is 2.00 bits per heavy atom. The van der Waals surface area contributed by atoms with E-state index in [9.17, 15) is 9.59 Å². The van der Waals surface area contributed by atoms with Gasteiger partial charge in [-0.15, -0.1) is 0 Å². The Morgan fingerprint density at radius 1 is 1.17 bits per heavy atom. The number of fused-ring (bicyclic) bond motifs is 1. The molecule has 3 rings (SSSR count). The van der Waals surface area contributed by atoms with E-state index in [1.54, 1.807) is 6.07 Å². The maximum Gasteiger partial charge on any atom is 0.269 e. The number of carbonyl (C=O) groups is 2. The predicted molar refractivity (Wildman–Crippen MR) is 89.5 cm³/mol. The summed E-state index contributed by atoms with van der Waals surface area (Å²) in [5.41, 5.74) is 3.13. The van der Waals surface area contributed by atoms with Crippen LogP contribution in [0.25, 0.3) is 0 Å². The normalized spacial score (nSPS) is 19.4. The van der Waals surface area contributed by atoms with Gasteiger partial charge in [0, 0.05) is 5.57 Å². The molecule has 1 aromatic rings. The molecule has 3 nitrogen and oxygen atoms in total. The molecule has 1 aliphatic heterocycles. The number of carbonyl (C=O) groups excluding carboxylic acids is 2. The van der Waals surface area contributed by atoms with E-state index in [1.165, 1.54) is 5.57 Å². The number of hydrogen-bond donors (Lipinski definition) is 0. The highest BCUT2D eigenvalue weighted by atomic mass is 16.5. The number of ether oxygens (including phenoxy) is 1. The zero-order valence-electron chi connectivity index (χ0n) is 13.3. The van der Waals surface area contributed by atoms with Gasteiger partial charge in [-0.3, -0.25) is 9.59 Å². The Labute approximate surface area is 135 Å². The minimum atomic E-state index is -0.558. The van der Waals surface area contributed by atoms with E-state index >= 15 is 0 Å². The molecule has 1 aliphatic carbocycles. The molecular formula is C20H18O3.